The lowest BCUT2D eigenvalue weighted by Gasteiger charge is -2.48. The van der Waals surface area contributed by atoms with Gasteiger partial charge >= 0.3 is 0 Å². The Morgan fingerprint density at radius 1 is 1.20 bits per heavy atom. The molecule has 2 aliphatic heterocycles. The number of piperidine rings is 1. The monoisotopic (exact) mass is 212 g/mol. The fourth-order valence-corrected chi connectivity index (χ4v) is 2.85. The molecular formula is C12H24N2O. The van der Waals surface area contributed by atoms with Crippen molar-refractivity contribution < 1.29 is 4.74 Å². The summed E-state index contributed by atoms with van der Waals surface area (Å²) in [6, 6.07) is 0.651. The quantitative estimate of drug-likeness (QED) is 0.649. The molecule has 0 bridgehead atoms. The minimum absolute atomic E-state index is 0.134. The first-order valence-corrected chi connectivity index (χ1v) is 6.18. The van der Waals surface area contributed by atoms with E-state index in [1.54, 1.807) is 0 Å². The van der Waals surface area contributed by atoms with Crippen LogP contribution in [0.1, 0.15) is 26.7 Å². The van der Waals surface area contributed by atoms with E-state index in [1.165, 1.54) is 19.4 Å². The summed E-state index contributed by atoms with van der Waals surface area (Å²) >= 11 is 0. The highest BCUT2D eigenvalue weighted by Gasteiger charge is 2.39. The number of rotatable bonds is 1. The molecule has 15 heavy (non-hydrogen) atoms. The first-order valence-electron chi connectivity index (χ1n) is 6.18. The van der Waals surface area contributed by atoms with Crippen molar-refractivity contribution in [3.8, 4) is 0 Å². The van der Waals surface area contributed by atoms with E-state index in [-0.39, 0.29) is 5.60 Å². The molecule has 3 nitrogen and oxygen atoms in total. The second kappa shape index (κ2) is 4.40. The molecule has 1 spiro atoms. The summed E-state index contributed by atoms with van der Waals surface area (Å²) in [4.78, 5) is 4.97. The first-order chi connectivity index (χ1) is 7.11. The van der Waals surface area contributed by atoms with Gasteiger partial charge in [-0.15, -0.1) is 0 Å². The summed E-state index contributed by atoms with van der Waals surface area (Å²) in [7, 11) is 2.21. The van der Waals surface area contributed by atoms with Crippen LogP contribution in [0.5, 0.6) is 0 Å². The lowest BCUT2D eigenvalue weighted by atomic mass is 9.90. The molecule has 0 N–H and O–H groups in total. The van der Waals surface area contributed by atoms with Crippen LogP contribution in [0.2, 0.25) is 0 Å². The third-order valence-corrected chi connectivity index (χ3v) is 3.74. The summed E-state index contributed by atoms with van der Waals surface area (Å²) in [6.45, 7) is 10.0. The largest absolute Gasteiger partial charge is 0.371 e. The zero-order valence-corrected chi connectivity index (χ0v) is 10.3. The van der Waals surface area contributed by atoms with E-state index in [0.29, 0.717) is 6.04 Å². The number of likely N-dealkylation sites (tertiary alicyclic amines) is 1. The van der Waals surface area contributed by atoms with Crippen LogP contribution in [0.25, 0.3) is 0 Å². The molecule has 88 valence electrons. The summed E-state index contributed by atoms with van der Waals surface area (Å²) in [6.07, 6.45) is 2.52. The molecule has 0 unspecified atom stereocenters. The summed E-state index contributed by atoms with van der Waals surface area (Å²) < 4.78 is 6.07. The fraction of sp³-hybridized carbons (Fsp3) is 1.00. The average Bonchev–Trinajstić information content (AvgIpc) is 2.17. The molecule has 3 heteroatoms. The maximum Gasteiger partial charge on any atom is 0.0935 e. The zero-order chi connectivity index (χ0) is 10.9. The van der Waals surface area contributed by atoms with E-state index < -0.39 is 0 Å². The van der Waals surface area contributed by atoms with Crippen LogP contribution < -0.4 is 0 Å². The molecule has 0 aromatic rings. The van der Waals surface area contributed by atoms with Gasteiger partial charge in [-0.25, -0.2) is 0 Å². The standard InChI is InChI=1S/C12H24N2O/c1-11(2)14-6-4-5-12(10-14)9-13(3)7-8-15-12/h11H,4-10H2,1-3H3/t12-/m0/s1. The second-order valence-electron chi connectivity index (χ2n) is 5.44. The van der Waals surface area contributed by atoms with E-state index in [4.69, 9.17) is 4.74 Å². The summed E-state index contributed by atoms with van der Waals surface area (Å²) in [5, 5.41) is 0. The van der Waals surface area contributed by atoms with Gasteiger partial charge in [0, 0.05) is 25.7 Å². The van der Waals surface area contributed by atoms with Crippen molar-refractivity contribution >= 4 is 0 Å². The number of hydrogen-bond acceptors (Lipinski definition) is 3. The lowest BCUT2D eigenvalue weighted by Crippen LogP contribution is -2.59. The molecule has 0 aromatic carbocycles. The zero-order valence-electron chi connectivity index (χ0n) is 10.3. The molecule has 0 aliphatic carbocycles. The molecule has 0 aromatic heterocycles. The number of likely N-dealkylation sites (N-methyl/N-ethyl adjacent to an activating group) is 1. The van der Waals surface area contributed by atoms with Crippen molar-refractivity contribution in [3.63, 3.8) is 0 Å². The number of morpholine rings is 1. The van der Waals surface area contributed by atoms with E-state index in [9.17, 15) is 0 Å². The van der Waals surface area contributed by atoms with Gasteiger partial charge in [0.15, 0.2) is 0 Å². The van der Waals surface area contributed by atoms with Crippen molar-refractivity contribution in [1.29, 1.82) is 0 Å². The third kappa shape index (κ3) is 2.52. The van der Waals surface area contributed by atoms with Crippen molar-refractivity contribution in [2.45, 2.75) is 38.3 Å². The third-order valence-electron chi connectivity index (χ3n) is 3.74. The normalized spacial score (nSPS) is 35.2. The minimum Gasteiger partial charge on any atom is -0.371 e. The SMILES string of the molecule is CC(C)N1CCC[C@]2(CN(C)CCO2)C1. The van der Waals surface area contributed by atoms with E-state index in [1.807, 2.05) is 0 Å². The molecular weight excluding hydrogens is 188 g/mol. The Morgan fingerprint density at radius 3 is 2.67 bits per heavy atom. The van der Waals surface area contributed by atoms with Crippen molar-refractivity contribution in [3.05, 3.63) is 0 Å². The molecule has 2 rings (SSSR count). The van der Waals surface area contributed by atoms with Gasteiger partial charge in [0.1, 0.15) is 0 Å². The van der Waals surface area contributed by atoms with Crippen molar-refractivity contribution in [2.75, 3.05) is 39.8 Å². The van der Waals surface area contributed by atoms with Crippen molar-refractivity contribution in [1.82, 2.24) is 9.80 Å². The first kappa shape index (κ1) is 11.4. The minimum atomic E-state index is 0.134. The lowest BCUT2D eigenvalue weighted by molar-refractivity contribution is -0.138. The van der Waals surface area contributed by atoms with Crippen LogP contribution >= 0.6 is 0 Å². The smallest absolute Gasteiger partial charge is 0.0935 e. The molecule has 2 fully saturated rings. The number of nitrogens with zero attached hydrogens (tertiary/aromatic N) is 2. The fourth-order valence-electron chi connectivity index (χ4n) is 2.85. The van der Waals surface area contributed by atoms with Crippen LogP contribution in [0.4, 0.5) is 0 Å². The van der Waals surface area contributed by atoms with Crippen LogP contribution in [0, 0.1) is 0 Å². The molecule has 1 atom stereocenters. The van der Waals surface area contributed by atoms with Gasteiger partial charge in [-0.3, -0.25) is 4.90 Å². The maximum atomic E-state index is 6.07. The number of ether oxygens (including phenoxy) is 1. The highest BCUT2D eigenvalue weighted by molar-refractivity contribution is 4.94. The van der Waals surface area contributed by atoms with Gasteiger partial charge in [0.05, 0.1) is 12.2 Å². The molecule has 0 amide bonds. The van der Waals surface area contributed by atoms with Crippen LogP contribution in [0.15, 0.2) is 0 Å². The molecule has 2 heterocycles. The summed E-state index contributed by atoms with van der Waals surface area (Å²) in [5.74, 6) is 0. The van der Waals surface area contributed by atoms with E-state index >= 15 is 0 Å². The Hall–Kier alpha value is -0.120. The molecule has 2 aliphatic rings. The summed E-state index contributed by atoms with van der Waals surface area (Å²) in [5.41, 5.74) is 0.134. The molecule has 0 radical (unpaired) electrons. The topological polar surface area (TPSA) is 15.7 Å². The van der Waals surface area contributed by atoms with Crippen LogP contribution in [-0.4, -0.2) is 61.3 Å². The van der Waals surface area contributed by atoms with E-state index in [2.05, 4.69) is 30.7 Å². The Labute approximate surface area is 93.4 Å². The Balaban J connectivity index is 2.01. The van der Waals surface area contributed by atoms with Gasteiger partial charge in [0.25, 0.3) is 0 Å². The maximum absolute atomic E-state index is 6.07. The average molecular weight is 212 g/mol. The predicted molar refractivity (Wildman–Crippen MR) is 62.1 cm³/mol. The predicted octanol–water partition coefficient (Wildman–Crippen LogP) is 1.19. The Morgan fingerprint density at radius 2 is 2.00 bits per heavy atom. The second-order valence-corrected chi connectivity index (χ2v) is 5.44. The Bertz CT molecular complexity index is 216. The Kier molecular flexibility index (Phi) is 3.33. The van der Waals surface area contributed by atoms with Crippen LogP contribution in [-0.2, 0) is 4.74 Å². The van der Waals surface area contributed by atoms with Gasteiger partial charge in [-0.05, 0) is 40.3 Å². The highest BCUT2D eigenvalue weighted by atomic mass is 16.5. The highest BCUT2D eigenvalue weighted by Crippen LogP contribution is 2.29. The molecule has 2 saturated heterocycles. The van der Waals surface area contributed by atoms with Gasteiger partial charge in [0.2, 0.25) is 0 Å². The van der Waals surface area contributed by atoms with E-state index in [0.717, 1.165) is 26.2 Å². The van der Waals surface area contributed by atoms with Gasteiger partial charge < -0.3 is 9.64 Å². The van der Waals surface area contributed by atoms with Crippen LogP contribution in [0.3, 0.4) is 0 Å². The van der Waals surface area contributed by atoms with Crippen molar-refractivity contribution in [2.24, 2.45) is 0 Å². The number of hydrogen-bond donors (Lipinski definition) is 0. The van der Waals surface area contributed by atoms with Gasteiger partial charge in [-0.2, -0.15) is 0 Å². The molecule has 0 saturated carbocycles. The van der Waals surface area contributed by atoms with Gasteiger partial charge in [-0.1, -0.05) is 0 Å².